The number of nitro groups is 1. The van der Waals surface area contributed by atoms with Gasteiger partial charge in [0.2, 0.25) is 5.91 Å². The predicted octanol–water partition coefficient (Wildman–Crippen LogP) is 3.83. The van der Waals surface area contributed by atoms with E-state index in [-0.39, 0.29) is 22.9 Å². The molecular weight excluding hydrogens is 540 g/mol. The van der Waals surface area contributed by atoms with Crippen molar-refractivity contribution < 1.29 is 24.1 Å². The monoisotopic (exact) mass is 564 g/mol. The van der Waals surface area contributed by atoms with Crippen LogP contribution in [0.3, 0.4) is 0 Å². The maximum atomic E-state index is 13.3. The molecule has 3 heterocycles. The van der Waals surface area contributed by atoms with Crippen molar-refractivity contribution in [3.05, 3.63) is 105 Å². The fourth-order valence-electron chi connectivity index (χ4n) is 5.12. The highest BCUT2D eigenvalue weighted by molar-refractivity contribution is 6.37. The number of nitro benzene ring substituents is 1. The van der Waals surface area contributed by atoms with E-state index in [9.17, 15) is 29.3 Å². The Morgan fingerprint density at radius 2 is 1.69 bits per heavy atom. The van der Waals surface area contributed by atoms with Crippen LogP contribution in [-0.2, 0) is 20.9 Å². The van der Waals surface area contributed by atoms with E-state index in [1.54, 1.807) is 24.3 Å². The van der Waals surface area contributed by atoms with Crippen LogP contribution in [-0.4, -0.2) is 40.1 Å². The van der Waals surface area contributed by atoms with E-state index in [0.29, 0.717) is 46.7 Å². The molecule has 5 amide bonds. The number of anilines is 2. The molecule has 210 valence electrons. The average Bonchev–Trinajstić information content (AvgIpc) is 3.63. The van der Waals surface area contributed by atoms with Gasteiger partial charge in [0.15, 0.2) is 0 Å². The SMILES string of the molecule is O=C1NC(=O)/C(=C/c2ccc(NC(=C3C(=O)Nc4ccc([N+](=O)[O-])cc43)c3ccc(CN4CCCC4=O)cc3)cc2)N1. The lowest BCUT2D eigenvalue weighted by Crippen LogP contribution is -2.23. The Morgan fingerprint density at radius 1 is 0.929 bits per heavy atom. The number of rotatable bonds is 7. The molecule has 0 radical (unpaired) electrons. The third-order valence-electron chi connectivity index (χ3n) is 7.21. The number of non-ortho nitro benzene ring substituents is 1. The first-order valence-corrected chi connectivity index (χ1v) is 13.2. The molecule has 3 aromatic rings. The lowest BCUT2D eigenvalue weighted by molar-refractivity contribution is -0.384. The molecule has 2 saturated heterocycles. The molecule has 12 heteroatoms. The highest BCUT2D eigenvalue weighted by atomic mass is 16.6. The maximum Gasteiger partial charge on any atom is 0.326 e. The second kappa shape index (κ2) is 10.7. The molecular formula is C30H24N6O6. The van der Waals surface area contributed by atoms with Gasteiger partial charge in [-0.1, -0.05) is 36.4 Å². The van der Waals surface area contributed by atoms with Gasteiger partial charge in [0, 0.05) is 48.6 Å². The van der Waals surface area contributed by atoms with Crippen LogP contribution in [0.2, 0.25) is 0 Å². The first kappa shape index (κ1) is 26.4. The van der Waals surface area contributed by atoms with Gasteiger partial charge >= 0.3 is 6.03 Å². The third kappa shape index (κ3) is 5.20. The van der Waals surface area contributed by atoms with E-state index in [4.69, 9.17) is 0 Å². The molecule has 6 rings (SSSR count). The van der Waals surface area contributed by atoms with Crippen molar-refractivity contribution in [2.24, 2.45) is 0 Å². The number of nitrogens with one attached hydrogen (secondary N) is 4. The maximum absolute atomic E-state index is 13.3. The Balaban J connectivity index is 1.37. The summed E-state index contributed by atoms with van der Waals surface area (Å²) in [5.74, 6) is -0.810. The van der Waals surface area contributed by atoms with Gasteiger partial charge in [-0.25, -0.2) is 4.79 Å². The van der Waals surface area contributed by atoms with Crippen LogP contribution < -0.4 is 21.3 Å². The van der Waals surface area contributed by atoms with Crippen LogP contribution in [0.25, 0.3) is 17.3 Å². The summed E-state index contributed by atoms with van der Waals surface area (Å²) in [4.78, 5) is 61.4. The highest BCUT2D eigenvalue weighted by Gasteiger charge is 2.30. The number of carbonyl (C=O) groups excluding carboxylic acids is 4. The van der Waals surface area contributed by atoms with Crippen LogP contribution in [0.15, 0.2) is 72.4 Å². The Morgan fingerprint density at radius 3 is 2.33 bits per heavy atom. The number of amides is 5. The van der Waals surface area contributed by atoms with E-state index >= 15 is 0 Å². The zero-order valence-electron chi connectivity index (χ0n) is 22.1. The molecule has 4 N–H and O–H groups in total. The van der Waals surface area contributed by atoms with Gasteiger partial charge in [-0.2, -0.15) is 0 Å². The predicted molar refractivity (Wildman–Crippen MR) is 154 cm³/mol. The van der Waals surface area contributed by atoms with Crippen molar-refractivity contribution in [3.63, 3.8) is 0 Å². The number of hydrogen-bond donors (Lipinski definition) is 4. The van der Waals surface area contributed by atoms with Gasteiger partial charge in [-0.3, -0.25) is 29.8 Å². The van der Waals surface area contributed by atoms with Gasteiger partial charge in [0.05, 0.1) is 16.2 Å². The van der Waals surface area contributed by atoms with E-state index in [2.05, 4.69) is 21.3 Å². The average molecular weight is 565 g/mol. The molecule has 0 unspecified atom stereocenters. The molecule has 0 aromatic heterocycles. The minimum atomic E-state index is -0.589. The first-order valence-electron chi connectivity index (χ1n) is 13.2. The van der Waals surface area contributed by atoms with Gasteiger partial charge < -0.3 is 20.9 Å². The van der Waals surface area contributed by atoms with E-state index in [1.165, 1.54) is 24.3 Å². The van der Waals surface area contributed by atoms with E-state index in [0.717, 1.165) is 18.5 Å². The van der Waals surface area contributed by atoms with Crippen LogP contribution in [0.5, 0.6) is 0 Å². The zero-order valence-corrected chi connectivity index (χ0v) is 22.1. The number of likely N-dealkylation sites (tertiary alicyclic amines) is 1. The fourth-order valence-corrected chi connectivity index (χ4v) is 5.12. The number of urea groups is 1. The minimum absolute atomic E-state index is 0.124. The highest BCUT2D eigenvalue weighted by Crippen LogP contribution is 2.39. The summed E-state index contributed by atoms with van der Waals surface area (Å²) in [6.45, 7) is 1.21. The smallest absolute Gasteiger partial charge is 0.326 e. The molecule has 0 aliphatic carbocycles. The van der Waals surface area contributed by atoms with Crippen molar-refractivity contribution in [2.75, 3.05) is 17.2 Å². The Kier molecular flexibility index (Phi) is 6.71. The third-order valence-corrected chi connectivity index (χ3v) is 7.21. The number of benzene rings is 3. The van der Waals surface area contributed by atoms with E-state index < -0.39 is 22.8 Å². The summed E-state index contributed by atoms with van der Waals surface area (Å²) in [6.07, 6.45) is 2.93. The zero-order chi connectivity index (χ0) is 29.4. The Hall–Kier alpha value is -5.78. The molecule has 3 aliphatic heterocycles. The standard InChI is InChI=1S/C30H24N6O6/c37-25-2-1-13-35(25)16-18-3-7-19(8-4-18)27(26-22-15-21(36(41)42)11-12-23(22)32-29(26)39)31-20-9-5-17(6-10-20)14-24-28(38)34-30(40)33-24/h3-12,14-15,31H,1-2,13,16H2,(H,32,39)(H2,33,34,38,40)/b24-14-,27-26?. The summed E-state index contributed by atoms with van der Waals surface area (Å²) < 4.78 is 0. The molecule has 2 fully saturated rings. The van der Waals surface area contributed by atoms with Crippen molar-refractivity contribution in [1.29, 1.82) is 0 Å². The largest absolute Gasteiger partial charge is 0.354 e. The normalized spacial score (nSPS) is 18.1. The van der Waals surface area contributed by atoms with Gasteiger partial charge in [-0.05, 0) is 47.4 Å². The summed E-state index contributed by atoms with van der Waals surface area (Å²) in [5, 5.41) is 22.2. The minimum Gasteiger partial charge on any atom is -0.354 e. The number of carbonyl (C=O) groups is 4. The van der Waals surface area contributed by atoms with Crippen molar-refractivity contribution in [3.8, 4) is 0 Å². The van der Waals surface area contributed by atoms with Crippen molar-refractivity contribution in [1.82, 2.24) is 15.5 Å². The summed E-state index contributed by atoms with van der Waals surface area (Å²) in [5.41, 5.74) is 4.37. The first-order chi connectivity index (χ1) is 20.2. The van der Waals surface area contributed by atoms with Gasteiger partial charge in [0.25, 0.3) is 17.5 Å². The number of hydrogen-bond acceptors (Lipinski definition) is 7. The molecule has 3 aromatic carbocycles. The number of imide groups is 1. The van der Waals surface area contributed by atoms with Crippen molar-refractivity contribution in [2.45, 2.75) is 19.4 Å². The summed E-state index contributed by atoms with van der Waals surface area (Å²) >= 11 is 0. The Bertz CT molecular complexity index is 1730. The van der Waals surface area contributed by atoms with Gasteiger partial charge in [0.1, 0.15) is 5.70 Å². The molecule has 3 aliphatic rings. The van der Waals surface area contributed by atoms with Crippen LogP contribution in [0, 0.1) is 10.1 Å². The van der Waals surface area contributed by atoms with E-state index in [1.807, 2.05) is 29.2 Å². The Labute approximate surface area is 239 Å². The molecule has 0 bridgehead atoms. The lowest BCUT2D eigenvalue weighted by Gasteiger charge is -2.17. The second-order valence-corrected chi connectivity index (χ2v) is 10.0. The molecule has 12 nitrogen and oxygen atoms in total. The second-order valence-electron chi connectivity index (χ2n) is 10.0. The topological polar surface area (TPSA) is 163 Å². The number of fused-ring (bicyclic) bond motifs is 1. The molecule has 0 saturated carbocycles. The fraction of sp³-hybridized carbons (Fsp3) is 0.133. The number of nitrogens with zero attached hydrogens (tertiary/aromatic N) is 2. The molecule has 42 heavy (non-hydrogen) atoms. The van der Waals surface area contributed by atoms with Crippen LogP contribution >= 0.6 is 0 Å². The van der Waals surface area contributed by atoms with Crippen molar-refractivity contribution >= 4 is 58.2 Å². The van der Waals surface area contributed by atoms with Crippen LogP contribution in [0.4, 0.5) is 21.9 Å². The van der Waals surface area contributed by atoms with Gasteiger partial charge in [-0.15, -0.1) is 0 Å². The molecule has 0 atom stereocenters. The quantitative estimate of drug-likeness (QED) is 0.147. The summed E-state index contributed by atoms with van der Waals surface area (Å²) in [6, 6.07) is 18.0. The molecule has 0 spiro atoms. The van der Waals surface area contributed by atoms with Crippen LogP contribution in [0.1, 0.15) is 35.1 Å². The summed E-state index contributed by atoms with van der Waals surface area (Å²) in [7, 11) is 0. The lowest BCUT2D eigenvalue weighted by atomic mass is 9.98.